The second-order valence-electron chi connectivity index (χ2n) is 7.15. The van der Waals surface area contributed by atoms with E-state index in [-0.39, 0.29) is 18.0 Å². The fraction of sp³-hybridized carbons (Fsp3) is 0.238. The van der Waals surface area contributed by atoms with Crippen LogP contribution < -0.4 is 5.43 Å². The molecule has 1 fully saturated rings. The summed E-state index contributed by atoms with van der Waals surface area (Å²) in [5, 5.41) is 4.60. The highest BCUT2D eigenvalue weighted by atomic mass is 35.5. The zero-order valence-corrected chi connectivity index (χ0v) is 17.3. The molecule has 2 aliphatic rings. The van der Waals surface area contributed by atoms with Crippen LogP contribution in [-0.2, 0) is 11.3 Å². The van der Waals surface area contributed by atoms with Crippen molar-refractivity contribution in [2.45, 2.75) is 32.0 Å². The van der Waals surface area contributed by atoms with Crippen molar-refractivity contribution in [2.75, 3.05) is 0 Å². The molecule has 5 rings (SSSR count). The summed E-state index contributed by atoms with van der Waals surface area (Å²) in [5.74, 6) is 1.27. The first-order valence-electron chi connectivity index (χ1n) is 9.37. The Bertz CT molecular complexity index is 1080. The van der Waals surface area contributed by atoms with E-state index in [1.165, 1.54) is 4.88 Å². The van der Waals surface area contributed by atoms with Crippen molar-refractivity contribution in [2.24, 2.45) is 0 Å². The molecule has 4 heterocycles. The van der Waals surface area contributed by atoms with Crippen molar-refractivity contribution in [3.8, 4) is 11.5 Å². The molecule has 2 aromatic heterocycles. The van der Waals surface area contributed by atoms with Gasteiger partial charge in [-0.1, -0.05) is 23.7 Å². The number of aryl methyl sites for hydroxylation is 1. The third-order valence-electron chi connectivity index (χ3n) is 5.25. The number of halogens is 1. The van der Waals surface area contributed by atoms with Gasteiger partial charge < -0.3 is 14.3 Å². The van der Waals surface area contributed by atoms with E-state index in [1.807, 2.05) is 48.5 Å². The number of hydrogen-bond acceptors (Lipinski definition) is 6. The number of benzene rings is 1. The topological polar surface area (TPSA) is 61.6 Å². The average Bonchev–Trinajstić information content (AvgIpc) is 3.44. The minimum Gasteiger partial charge on any atom is -0.441 e. The van der Waals surface area contributed by atoms with Crippen molar-refractivity contribution < 1.29 is 9.21 Å². The molecule has 1 amide bonds. The summed E-state index contributed by atoms with van der Waals surface area (Å²) < 4.78 is 5.83. The van der Waals surface area contributed by atoms with Gasteiger partial charge in [0.2, 0.25) is 5.89 Å². The molecule has 3 aromatic rings. The molecule has 1 N–H and O–H groups in total. The third-order valence-corrected chi connectivity index (χ3v) is 6.47. The summed E-state index contributed by atoms with van der Waals surface area (Å²) in [5.41, 5.74) is 4.97. The fourth-order valence-corrected chi connectivity index (χ4v) is 4.70. The summed E-state index contributed by atoms with van der Waals surface area (Å²) >= 11 is 7.78. The van der Waals surface area contributed by atoms with Gasteiger partial charge in [0.25, 0.3) is 5.91 Å². The minimum absolute atomic E-state index is 0.0609. The Morgan fingerprint density at radius 2 is 2.21 bits per heavy atom. The molecule has 29 heavy (non-hydrogen) atoms. The highest BCUT2D eigenvalue weighted by Gasteiger charge is 2.40. The van der Waals surface area contributed by atoms with E-state index in [4.69, 9.17) is 16.0 Å². The molecule has 0 saturated carbocycles. The zero-order chi connectivity index (χ0) is 20.0. The first kappa shape index (κ1) is 18.4. The second kappa shape index (κ2) is 7.33. The normalized spacial score (nSPS) is 21.1. The van der Waals surface area contributed by atoms with E-state index in [0.717, 1.165) is 17.7 Å². The molecule has 0 radical (unpaired) electrons. The molecule has 6 nitrogen and oxygen atoms in total. The summed E-state index contributed by atoms with van der Waals surface area (Å²) in [7, 11) is 0. The van der Waals surface area contributed by atoms with Gasteiger partial charge in [-0.3, -0.25) is 4.79 Å². The molecule has 0 aliphatic carbocycles. The third kappa shape index (κ3) is 3.46. The van der Waals surface area contributed by atoms with Crippen LogP contribution in [0.2, 0.25) is 5.02 Å². The number of nitrogens with zero attached hydrogens (tertiary/aromatic N) is 3. The van der Waals surface area contributed by atoms with Gasteiger partial charge in [-0.15, -0.1) is 11.3 Å². The fourth-order valence-electron chi connectivity index (χ4n) is 3.72. The Labute approximate surface area is 177 Å². The van der Waals surface area contributed by atoms with E-state index >= 15 is 0 Å². The lowest BCUT2D eigenvalue weighted by molar-refractivity contribution is -0.135. The van der Waals surface area contributed by atoms with Crippen molar-refractivity contribution >= 4 is 28.8 Å². The number of fused-ring (bicyclic) bond motifs is 1. The molecule has 2 aliphatic heterocycles. The lowest BCUT2D eigenvalue weighted by Crippen LogP contribution is -2.47. The van der Waals surface area contributed by atoms with Gasteiger partial charge in [0, 0.05) is 34.3 Å². The lowest BCUT2D eigenvalue weighted by Gasteiger charge is -2.31. The number of aromatic nitrogens is 1. The van der Waals surface area contributed by atoms with Gasteiger partial charge in [-0.25, -0.2) is 10.4 Å². The molecule has 8 heteroatoms. The maximum Gasteiger partial charge on any atom is 0.251 e. The van der Waals surface area contributed by atoms with Gasteiger partial charge >= 0.3 is 0 Å². The van der Waals surface area contributed by atoms with Crippen molar-refractivity contribution in [1.29, 1.82) is 0 Å². The number of carbonyl (C=O) groups is 1. The lowest BCUT2D eigenvalue weighted by atomic mass is 10.1. The highest BCUT2D eigenvalue weighted by Crippen LogP contribution is 2.33. The summed E-state index contributed by atoms with van der Waals surface area (Å²) in [6.45, 7) is 2.24. The number of carbonyl (C=O) groups excluding carboxylic acids is 1. The average molecular weight is 427 g/mol. The SMILES string of the molecule is Cc1oc(-c2cccc(Cl)c2)nc1CN1C=CN2NC(c3cccs3)CC2C1=O. The first-order chi connectivity index (χ1) is 14.1. The Balaban J connectivity index is 1.33. The van der Waals surface area contributed by atoms with Crippen LogP contribution in [0.25, 0.3) is 11.5 Å². The highest BCUT2D eigenvalue weighted by molar-refractivity contribution is 7.10. The smallest absolute Gasteiger partial charge is 0.251 e. The van der Waals surface area contributed by atoms with E-state index in [0.29, 0.717) is 23.2 Å². The molecule has 2 unspecified atom stereocenters. The number of thiophene rings is 1. The molecule has 0 spiro atoms. The van der Waals surface area contributed by atoms with Gasteiger partial charge in [0.1, 0.15) is 17.5 Å². The van der Waals surface area contributed by atoms with E-state index in [9.17, 15) is 4.79 Å². The molecule has 148 valence electrons. The molecule has 1 saturated heterocycles. The summed E-state index contributed by atoms with van der Waals surface area (Å²) in [6.07, 6.45) is 4.47. The number of hydrazine groups is 1. The van der Waals surface area contributed by atoms with E-state index < -0.39 is 0 Å². The van der Waals surface area contributed by atoms with Crippen LogP contribution in [0.4, 0.5) is 0 Å². The molecular weight excluding hydrogens is 408 g/mol. The van der Waals surface area contributed by atoms with Crippen molar-refractivity contribution in [3.63, 3.8) is 0 Å². The number of hydrogen-bond donors (Lipinski definition) is 1. The maximum absolute atomic E-state index is 13.1. The van der Waals surface area contributed by atoms with E-state index in [1.54, 1.807) is 22.4 Å². The predicted molar refractivity (Wildman–Crippen MR) is 112 cm³/mol. The number of amides is 1. The number of rotatable bonds is 4. The molecular formula is C21H19ClN4O2S. The summed E-state index contributed by atoms with van der Waals surface area (Å²) in [4.78, 5) is 20.6. The Morgan fingerprint density at radius 3 is 3.00 bits per heavy atom. The number of oxazole rings is 1. The Hall–Kier alpha value is -2.61. The standard InChI is InChI=1S/C21H19ClN4O2S/c1-13-17(23-20(28-13)14-4-2-5-15(22)10-14)12-25-7-8-26-18(21(25)27)11-16(24-26)19-6-3-9-29-19/h2-10,16,18,24H,11-12H2,1H3. The second-order valence-corrected chi connectivity index (χ2v) is 8.57. The number of nitrogens with one attached hydrogen (secondary N) is 1. The monoisotopic (exact) mass is 426 g/mol. The predicted octanol–water partition coefficient (Wildman–Crippen LogP) is 4.50. The van der Waals surface area contributed by atoms with Gasteiger partial charge in [0.15, 0.2) is 0 Å². The maximum atomic E-state index is 13.1. The van der Waals surface area contributed by atoms with Gasteiger partial charge in [0.05, 0.1) is 12.6 Å². The van der Waals surface area contributed by atoms with Crippen LogP contribution in [0.1, 0.15) is 28.8 Å². The largest absolute Gasteiger partial charge is 0.441 e. The van der Waals surface area contributed by atoms with Gasteiger partial charge in [-0.05, 0) is 36.6 Å². The zero-order valence-electron chi connectivity index (χ0n) is 15.7. The van der Waals surface area contributed by atoms with Crippen molar-refractivity contribution in [3.05, 3.63) is 75.5 Å². The summed E-state index contributed by atoms with van der Waals surface area (Å²) in [6, 6.07) is 11.5. The van der Waals surface area contributed by atoms with Crippen LogP contribution in [0.15, 0.2) is 58.6 Å². The molecule has 0 bridgehead atoms. The van der Waals surface area contributed by atoms with Gasteiger partial charge in [-0.2, -0.15) is 0 Å². The Morgan fingerprint density at radius 1 is 1.31 bits per heavy atom. The first-order valence-corrected chi connectivity index (χ1v) is 10.6. The van der Waals surface area contributed by atoms with Crippen LogP contribution in [0.3, 0.4) is 0 Å². The van der Waals surface area contributed by atoms with Crippen LogP contribution >= 0.6 is 22.9 Å². The van der Waals surface area contributed by atoms with E-state index in [2.05, 4.69) is 21.9 Å². The van der Waals surface area contributed by atoms with Crippen LogP contribution in [-0.4, -0.2) is 26.8 Å². The minimum atomic E-state index is -0.216. The van der Waals surface area contributed by atoms with Crippen LogP contribution in [0.5, 0.6) is 0 Å². The molecule has 2 atom stereocenters. The van der Waals surface area contributed by atoms with Crippen LogP contribution in [0, 0.1) is 6.92 Å². The molecule has 1 aromatic carbocycles. The quantitative estimate of drug-likeness (QED) is 0.665. The Kier molecular flexibility index (Phi) is 4.66. The van der Waals surface area contributed by atoms with Crippen molar-refractivity contribution in [1.82, 2.24) is 20.3 Å².